The van der Waals surface area contributed by atoms with Crippen molar-refractivity contribution in [2.75, 3.05) is 6.61 Å². The van der Waals surface area contributed by atoms with Crippen LogP contribution in [-0.2, 0) is 4.74 Å². The van der Waals surface area contributed by atoms with Crippen molar-refractivity contribution in [3.05, 3.63) is 0 Å². The smallest absolute Gasteiger partial charge is 0.171 e. The van der Waals surface area contributed by atoms with Crippen molar-refractivity contribution in [3.63, 3.8) is 0 Å². The molecule has 1 atom stereocenters. The average Bonchev–Trinajstić information content (AvgIpc) is 2.51. The number of nitrogens with one attached hydrogen (secondary N) is 1. The van der Waals surface area contributed by atoms with Crippen molar-refractivity contribution in [2.45, 2.75) is 70.7 Å². The van der Waals surface area contributed by atoms with E-state index >= 15 is 0 Å². The molecule has 4 heteroatoms. The summed E-state index contributed by atoms with van der Waals surface area (Å²) in [6.45, 7) is 7.22. The van der Waals surface area contributed by atoms with Gasteiger partial charge in [0.2, 0.25) is 0 Å². The van der Waals surface area contributed by atoms with Gasteiger partial charge in [0, 0.05) is 12.6 Å². The van der Waals surface area contributed by atoms with Crippen LogP contribution in [0.2, 0.25) is 0 Å². The third kappa shape index (κ3) is 2.43. The highest BCUT2D eigenvalue weighted by molar-refractivity contribution is 7.80. The first kappa shape index (κ1) is 13.1. The fourth-order valence-corrected chi connectivity index (χ4v) is 3.63. The van der Waals surface area contributed by atoms with Crippen LogP contribution in [0.25, 0.3) is 0 Å². The third-order valence-corrected chi connectivity index (χ3v) is 4.32. The Kier molecular flexibility index (Phi) is 3.93. The van der Waals surface area contributed by atoms with E-state index in [2.05, 4.69) is 24.1 Å². The molecule has 1 N–H and O–H groups in total. The van der Waals surface area contributed by atoms with Crippen LogP contribution in [0.1, 0.15) is 52.9 Å². The fraction of sp³-hybridized carbons (Fsp3) is 0.923. The van der Waals surface area contributed by atoms with E-state index in [0.717, 1.165) is 11.7 Å². The van der Waals surface area contributed by atoms with E-state index in [-0.39, 0.29) is 11.8 Å². The van der Waals surface area contributed by atoms with Gasteiger partial charge in [0.05, 0.1) is 5.54 Å². The third-order valence-electron chi connectivity index (χ3n) is 4.01. The molecule has 0 bridgehead atoms. The van der Waals surface area contributed by atoms with Crippen molar-refractivity contribution in [1.29, 1.82) is 0 Å². The van der Waals surface area contributed by atoms with Gasteiger partial charge in [0.15, 0.2) is 11.3 Å². The van der Waals surface area contributed by atoms with Crippen molar-refractivity contribution in [2.24, 2.45) is 0 Å². The Labute approximate surface area is 110 Å². The second kappa shape index (κ2) is 5.11. The minimum Gasteiger partial charge on any atom is -0.356 e. The van der Waals surface area contributed by atoms with Gasteiger partial charge in [0.25, 0.3) is 0 Å². The molecule has 0 aromatic heterocycles. The largest absolute Gasteiger partial charge is 0.356 e. The summed E-state index contributed by atoms with van der Waals surface area (Å²) in [5, 5.41) is 4.20. The first-order valence-electron chi connectivity index (χ1n) is 6.78. The predicted molar refractivity (Wildman–Crippen MR) is 73.9 cm³/mol. The Bertz CT molecular complexity index is 287. The molecule has 1 aliphatic carbocycles. The van der Waals surface area contributed by atoms with Crippen LogP contribution in [0, 0.1) is 0 Å². The van der Waals surface area contributed by atoms with Gasteiger partial charge in [-0.2, -0.15) is 0 Å². The highest BCUT2D eigenvalue weighted by Crippen LogP contribution is 2.34. The summed E-state index contributed by atoms with van der Waals surface area (Å²) < 4.78 is 5.77. The second-order valence-corrected chi connectivity index (χ2v) is 5.99. The lowest BCUT2D eigenvalue weighted by Gasteiger charge is -2.41. The molecule has 2 aliphatic rings. The Morgan fingerprint density at radius 2 is 2.00 bits per heavy atom. The molecule has 0 aromatic rings. The molecule has 2 fully saturated rings. The average molecular weight is 256 g/mol. The molecular weight excluding hydrogens is 232 g/mol. The lowest BCUT2D eigenvalue weighted by atomic mass is 9.91. The summed E-state index contributed by atoms with van der Waals surface area (Å²) in [6.07, 6.45) is 6.61. The molecular formula is C13H24N2OS. The van der Waals surface area contributed by atoms with Gasteiger partial charge in [-0.25, -0.2) is 0 Å². The summed E-state index contributed by atoms with van der Waals surface area (Å²) in [5.74, 6) is 0. The van der Waals surface area contributed by atoms with Crippen molar-refractivity contribution in [3.8, 4) is 0 Å². The summed E-state index contributed by atoms with van der Waals surface area (Å²) >= 11 is 5.50. The Morgan fingerprint density at radius 3 is 2.59 bits per heavy atom. The maximum absolute atomic E-state index is 5.77. The maximum atomic E-state index is 5.77. The standard InChI is InChI=1S/C13H24N2OS/c1-4-16-11-13(2,3)15(12(17)14-11)10-8-6-5-7-9-10/h10-11H,4-9H2,1-3H3,(H,14,17). The number of hydrogen-bond donors (Lipinski definition) is 1. The van der Waals surface area contributed by atoms with Gasteiger partial charge in [-0.05, 0) is 45.8 Å². The zero-order chi connectivity index (χ0) is 12.5. The molecule has 0 radical (unpaired) electrons. The van der Waals surface area contributed by atoms with Crippen LogP contribution in [0.4, 0.5) is 0 Å². The molecule has 1 aliphatic heterocycles. The van der Waals surface area contributed by atoms with Gasteiger partial charge >= 0.3 is 0 Å². The molecule has 3 nitrogen and oxygen atoms in total. The number of hydrogen-bond acceptors (Lipinski definition) is 2. The lowest BCUT2D eigenvalue weighted by molar-refractivity contribution is -0.0244. The highest BCUT2D eigenvalue weighted by atomic mass is 32.1. The summed E-state index contributed by atoms with van der Waals surface area (Å²) in [4.78, 5) is 2.39. The number of rotatable bonds is 3. The van der Waals surface area contributed by atoms with Crippen LogP contribution in [0.15, 0.2) is 0 Å². The van der Waals surface area contributed by atoms with Crippen LogP contribution < -0.4 is 5.32 Å². The zero-order valence-electron chi connectivity index (χ0n) is 11.2. The van der Waals surface area contributed by atoms with Crippen molar-refractivity contribution < 1.29 is 4.74 Å². The first-order valence-corrected chi connectivity index (χ1v) is 7.19. The predicted octanol–water partition coefficient (Wildman–Crippen LogP) is 2.65. The molecule has 2 rings (SSSR count). The van der Waals surface area contributed by atoms with E-state index in [0.29, 0.717) is 6.04 Å². The molecule has 1 heterocycles. The Balaban J connectivity index is 2.12. The molecule has 0 amide bonds. The fourth-order valence-electron chi connectivity index (χ4n) is 3.13. The minimum atomic E-state index is -0.0326. The molecule has 0 spiro atoms. The molecule has 1 saturated heterocycles. The summed E-state index contributed by atoms with van der Waals surface area (Å²) in [6, 6.07) is 0.601. The molecule has 17 heavy (non-hydrogen) atoms. The van der Waals surface area contributed by atoms with Crippen LogP contribution in [0.3, 0.4) is 0 Å². The Hall–Kier alpha value is -0.350. The molecule has 0 aromatic carbocycles. The molecule has 1 saturated carbocycles. The number of ether oxygens (including phenoxy) is 1. The summed E-state index contributed by atoms with van der Waals surface area (Å²) in [7, 11) is 0. The Morgan fingerprint density at radius 1 is 1.35 bits per heavy atom. The van der Waals surface area contributed by atoms with Gasteiger partial charge in [-0.3, -0.25) is 0 Å². The normalized spacial score (nSPS) is 29.5. The quantitative estimate of drug-likeness (QED) is 0.785. The SMILES string of the molecule is CCOC1NC(=S)N(C2CCCCC2)C1(C)C. The lowest BCUT2D eigenvalue weighted by Crippen LogP contribution is -2.52. The van der Waals surface area contributed by atoms with Crippen molar-refractivity contribution in [1.82, 2.24) is 10.2 Å². The van der Waals surface area contributed by atoms with Crippen LogP contribution in [0.5, 0.6) is 0 Å². The van der Waals surface area contributed by atoms with Gasteiger partial charge in [-0.15, -0.1) is 0 Å². The van der Waals surface area contributed by atoms with Crippen LogP contribution in [-0.4, -0.2) is 34.4 Å². The molecule has 98 valence electrons. The van der Waals surface area contributed by atoms with E-state index in [9.17, 15) is 0 Å². The van der Waals surface area contributed by atoms with E-state index in [4.69, 9.17) is 17.0 Å². The first-order chi connectivity index (χ1) is 8.07. The second-order valence-electron chi connectivity index (χ2n) is 5.60. The van der Waals surface area contributed by atoms with E-state index in [1.807, 2.05) is 6.92 Å². The summed E-state index contributed by atoms with van der Waals surface area (Å²) in [5.41, 5.74) is -0.0326. The highest BCUT2D eigenvalue weighted by Gasteiger charge is 2.47. The minimum absolute atomic E-state index is 0.0296. The van der Waals surface area contributed by atoms with Gasteiger partial charge < -0.3 is 15.0 Å². The van der Waals surface area contributed by atoms with E-state index in [1.54, 1.807) is 0 Å². The van der Waals surface area contributed by atoms with E-state index < -0.39 is 0 Å². The van der Waals surface area contributed by atoms with Gasteiger partial charge in [-0.1, -0.05) is 19.3 Å². The topological polar surface area (TPSA) is 24.5 Å². The van der Waals surface area contributed by atoms with Crippen molar-refractivity contribution >= 4 is 17.3 Å². The monoisotopic (exact) mass is 256 g/mol. The van der Waals surface area contributed by atoms with Crippen LogP contribution >= 0.6 is 12.2 Å². The number of nitrogens with zero attached hydrogens (tertiary/aromatic N) is 1. The zero-order valence-corrected chi connectivity index (χ0v) is 12.0. The van der Waals surface area contributed by atoms with Gasteiger partial charge in [0.1, 0.15) is 0 Å². The maximum Gasteiger partial charge on any atom is 0.171 e. The molecule has 1 unspecified atom stereocenters. The number of thiocarbonyl (C=S) groups is 1. The van der Waals surface area contributed by atoms with E-state index in [1.165, 1.54) is 32.1 Å².